The highest BCUT2D eigenvalue weighted by Crippen LogP contribution is 2.59. The first-order valence-corrected chi connectivity index (χ1v) is 23.1. The average Bonchev–Trinajstić information content (AvgIpc) is 3.35. The molecule has 0 saturated heterocycles. The zero-order chi connectivity index (χ0) is 41.0. The van der Waals surface area contributed by atoms with Gasteiger partial charge in [-0.25, -0.2) is 0 Å². The van der Waals surface area contributed by atoms with E-state index < -0.39 is 0 Å². The summed E-state index contributed by atoms with van der Waals surface area (Å²) >= 11 is 0. The van der Waals surface area contributed by atoms with Gasteiger partial charge in [0.1, 0.15) is 0 Å². The van der Waals surface area contributed by atoms with E-state index in [1.807, 2.05) is 0 Å². The standard InChI is InChI=1S/C64H27N/c1-3-29-9-17-37-23-41-43(25-39-19-11-31-7-15-35-21-33-13-5-27(1)45-47(29)57(37)63-59(41)51(39)49(31)55(35)61(63)53(33)45)65-44-26-40-20-12-32-8-16-36-22-34-14-6-28-2-4-30-10-18-38-24-42(44)60-52(40)50(32)56(36)62-54(34)46(28)48(30)58(38)64(60)62/h1-26,65H. The Bertz CT molecular complexity index is 5090. The summed E-state index contributed by atoms with van der Waals surface area (Å²) in [6.07, 6.45) is 0. The number of nitrogens with one attached hydrogen (secondary N) is 1. The first-order chi connectivity index (χ1) is 32.2. The third kappa shape index (κ3) is 3.01. The molecule has 0 amide bonds. The fraction of sp³-hybridized carbons (Fsp3) is 0. The topological polar surface area (TPSA) is 12.0 Å². The number of benzene rings is 20. The molecule has 0 saturated carbocycles. The van der Waals surface area contributed by atoms with Gasteiger partial charge >= 0.3 is 0 Å². The molecular formula is C64H27N. The molecule has 20 aromatic carbocycles. The Kier molecular flexibility index (Phi) is 4.40. The van der Waals surface area contributed by atoms with E-state index in [0.717, 1.165) is 11.4 Å². The van der Waals surface area contributed by atoms with Crippen molar-refractivity contribution in [3.63, 3.8) is 0 Å². The van der Waals surface area contributed by atoms with Crippen LogP contribution in [0.15, 0.2) is 158 Å². The summed E-state index contributed by atoms with van der Waals surface area (Å²) in [6, 6.07) is 62.0. The predicted molar refractivity (Wildman–Crippen MR) is 283 cm³/mol. The summed E-state index contributed by atoms with van der Waals surface area (Å²) in [5, 5.41) is 53.5. The first kappa shape index (κ1) is 30.5. The third-order valence-electron chi connectivity index (χ3n) is 17.2. The highest BCUT2D eigenvalue weighted by molar-refractivity contribution is 6.56. The van der Waals surface area contributed by atoms with E-state index in [2.05, 4.69) is 163 Å². The number of rotatable bonds is 2. The van der Waals surface area contributed by atoms with Gasteiger partial charge in [-0.3, -0.25) is 0 Å². The van der Waals surface area contributed by atoms with Crippen molar-refractivity contribution in [1.82, 2.24) is 0 Å². The molecule has 0 radical (unpaired) electrons. The van der Waals surface area contributed by atoms with Crippen molar-refractivity contribution in [2.45, 2.75) is 0 Å². The highest BCUT2D eigenvalue weighted by atomic mass is 14.9. The molecule has 20 aromatic rings. The smallest absolute Gasteiger partial charge is 0.0470 e. The summed E-state index contributed by atoms with van der Waals surface area (Å²) in [7, 11) is 0. The van der Waals surface area contributed by atoms with Gasteiger partial charge in [-0.15, -0.1) is 0 Å². The van der Waals surface area contributed by atoms with Gasteiger partial charge in [0.2, 0.25) is 0 Å². The molecule has 0 aliphatic carbocycles. The van der Waals surface area contributed by atoms with Crippen LogP contribution in [0.25, 0.3) is 194 Å². The quantitative estimate of drug-likeness (QED) is 0.135. The van der Waals surface area contributed by atoms with Crippen molar-refractivity contribution in [1.29, 1.82) is 0 Å². The molecular weight excluding hydrogens is 783 g/mol. The van der Waals surface area contributed by atoms with E-state index in [1.165, 1.54) is 194 Å². The van der Waals surface area contributed by atoms with Crippen LogP contribution < -0.4 is 5.32 Å². The number of hydrogen-bond donors (Lipinski definition) is 1. The summed E-state index contributed by atoms with van der Waals surface area (Å²) in [5.74, 6) is 0. The minimum Gasteiger partial charge on any atom is -0.354 e. The molecule has 0 aliphatic heterocycles. The minimum atomic E-state index is 1.16. The van der Waals surface area contributed by atoms with Crippen molar-refractivity contribution in [3.8, 4) is 0 Å². The Balaban J connectivity index is 0.995. The van der Waals surface area contributed by atoms with Crippen LogP contribution in [0.2, 0.25) is 0 Å². The van der Waals surface area contributed by atoms with E-state index in [4.69, 9.17) is 0 Å². The van der Waals surface area contributed by atoms with Crippen LogP contribution in [0, 0.1) is 0 Å². The van der Waals surface area contributed by atoms with E-state index in [0.29, 0.717) is 0 Å². The fourth-order valence-corrected chi connectivity index (χ4v) is 14.9. The van der Waals surface area contributed by atoms with E-state index in [9.17, 15) is 0 Å². The molecule has 0 atom stereocenters. The van der Waals surface area contributed by atoms with Gasteiger partial charge in [0.15, 0.2) is 0 Å². The molecule has 0 bridgehead atoms. The second-order valence-corrected chi connectivity index (χ2v) is 19.9. The Morgan fingerprint density at radius 1 is 0.154 bits per heavy atom. The molecule has 0 unspecified atom stereocenters. The molecule has 1 N–H and O–H groups in total. The van der Waals surface area contributed by atoms with Crippen molar-refractivity contribution in [2.75, 3.05) is 5.32 Å². The molecule has 0 spiro atoms. The lowest BCUT2D eigenvalue weighted by atomic mass is 9.77. The summed E-state index contributed by atoms with van der Waals surface area (Å²) < 4.78 is 0. The molecule has 20 rings (SSSR count). The second-order valence-electron chi connectivity index (χ2n) is 19.9. The second kappa shape index (κ2) is 9.38. The van der Waals surface area contributed by atoms with Crippen molar-refractivity contribution >= 4 is 205 Å². The van der Waals surface area contributed by atoms with E-state index >= 15 is 0 Å². The molecule has 0 aliphatic rings. The van der Waals surface area contributed by atoms with E-state index in [1.54, 1.807) is 0 Å². The number of hydrogen-bond acceptors (Lipinski definition) is 1. The molecule has 1 nitrogen and oxygen atoms in total. The largest absolute Gasteiger partial charge is 0.354 e. The zero-order valence-corrected chi connectivity index (χ0v) is 34.5. The summed E-state index contributed by atoms with van der Waals surface area (Å²) in [4.78, 5) is 0. The fourth-order valence-electron chi connectivity index (χ4n) is 14.9. The van der Waals surface area contributed by atoms with Gasteiger partial charge in [0, 0.05) is 32.9 Å². The molecule has 65 heavy (non-hydrogen) atoms. The van der Waals surface area contributed by atoms with Crippen LogP contribution in [0.3, 0.4) is 0 Å². The minimum absolute atomic E-state index is 1.16. The predicted octanol–water partition coefficient (Wildman–Crippen LogP) is 18.6. The van der Waals surface area contributed by atoms with Crippen molar-refractivity contribution in [3.05, 3.63) is 158 Å². The van der Waals surface area contributed by atoms with Gasteiger partial charge in [-0.2, -0.15) is 0 Å². The van der Waals surface area contributed by atoms with E-state index in [-0.39, 0.29) is 0 Å². The van der Waals surface area contributed by atoms with Crippen LogP contribution in [-0.2, 0) is 0 Å². The lowest BCUT2D eigenvalue weighted by molar-refractivity contribution is 1.66. The van der Waals surface area contributed by atoms with Gasteiger partial charge in [0.25, 0.3) is 0 Å². The van der Waals surface area contributed by atoms with Gasteiger partial charge in [-0.1, -0.05) is 121 Å². The Hall–Kier alpha value is -8.52. The lowest BCUT2D eigenvalue weighted by Crippen LogP contribution is -2.01. The Morgan fingerprint density at radius 3 is 0.615 bits per heavy atom. The average molecular weight is 810 g/mol. The third-order valence-corrected chi connectivity index (χ3v) is 17.2. The molecule has 288 valence electrons. The van der Waals surface area contributed by atoms with Crippen LogP contribution in [0.5, 0.6) is 0 Å². The van der Waals surface area contributed by atoms with Gasteiger partial charge in [-0.05, 0) is 209 Å². The SMILES string of the molecule is c1cc2ccc3cc4c(Nc5cc6ccc7ccc8cc9ccc%10ccc%11ccc%12cc5c5c6c7c8c6c9c%10c%11c%12c56)cc5ccc6ccc7cc8ccc1c1c2c3c2c4c5c6c7c2c81. The summed E-state index contributed by atoms with van der Waals surface area (Å²) in [6.45, 7) is 0. The maximum atomic E-state index is 4.28. The maximum absolute atomic E-state index is 4.28. The van der Waals surface area contributed by atoms with Crippen molar-refractivity contribution < 1.29 is 0 Å². The molecule has 1 heteroatoms. The van der Waals surface area contributed by atoms with Crippen molar-refractivity contribution in [2.24, 2.45) is 0 Å². The van der Waals surface area contributed by atoms with Crippen LogP contribution >= 0.6 is 0 Å². The zero-order valence-electron chi connectivity index (χ0n) is 34.5. The summed E-state index contributed by atoms with van der Waals surface area (Å²) in [5.41, 5.74) is 2.32. The molecule has 0 fully saturated rings. The first-order valence-electron chi connectivity index (χ1n) is 23.1. The monoisotopic (exact) mass is 809 g/mol. The molecule has 0 aromatic heterocycles. The Morgan fingerprint density at radius 2 is 0.338 bits per heavy atom. The number of anilines is 2. The van der Waals surface area contributed by atoms with Gasteiger partial charge < -0.3 is 5.32 Å². The maximum Gasteiger partial charge on any atom is 0.0470 e. The Labute approximate surface area is 366 Å². The van der Waals surface area contributed by atoms with Crippen LogP contribution in [0.4, 0.5) is 11.4 Å². The highest BCUT2D eigenvalue weighted by Gasteiger charge is 2.30. The molecule has 0 heterocycles. The lowest BCUT2D eigenvalue weighted by Gasteiger charge is -2.27. The van der Waals surface area contributed by atoms with Gasteiger partial charge in [0.05, 0.1) is 0 Å². The van der Waals surface area contributed by atoms with Crippen LogP contribution in [-0.4, -0.2) is 0 Å². The van der Waals surface area contributed by atoms with Crippen LogP contribution in [0.1, 0.15) is 0 Å². The normalized spacial score (nSPS) is 13.8.